The van der Waals surface area contributed by atoms with Crippen LogP contribution < -0.4 is 4.90 Å². The molecule has 0 bridgehead atoms. The van der Waals surface area contributed by atoms with E-state index in [1.807, 2.05) is 17.2 Å². The maximum absolute atomic E-state index is 12.3. The first-order chi connectivity index (χ1) is 9.95. The number of carbonyl (C=O) groups is 1. The monoisotopic (exact) mass is 288 g/mol. The van der Waals surface area contributed by atoms with E-state index in [2.05, 4.69) is 35.6 Å². The van der Waals surface area contributed by atoms with Gasteiger partial charge in [-0.1, -0.05) is 20.8 Å². The minimum atomic E-state index is -0.0500. The molecule has 0 aromatic carbocycles. The second kappa shape index (κ2) is 5.28. The van der Waals surface area contributed by atoms with Gasteiger partial charge in [0.2, 0.25) is 5.91 Å². The van der Waals surface area contributed by atoms with Crippen molar-refractivity contribution in [2.24, 2.45) is 5.92 Å². The zero-order valence-corrected chi connectivity index (χ0v) is 13.2. The molecule has 2 saturated heterocycles. The number of aromatic nitrogens is 2. The van der Waals surface area contributed by atoms with Gasteiger partial charge in [0.1, 0.15) is 11.6 Å². The summed E-state index contributed by atoms with van der Waals surface area (Å²) in [6.07, 6.45) is 4.13. The first kappa shape index (κ1) is 14.3. The van der Waals surface area contributed by atoms with Gasteiger partial charge in [0.05, 0.1) is 5.92 Å². The lowest BCUT2D eigenvalue weighted by molar-refractivity contribution is -0.135. The maximum Gasteiger partial charge on any atom is 0.229 e. The number of carbonyl (C=O) groups excluding carboxylic acids is 1. The van der Waals surface area contributed by atoms with E-state index < -0.39 is 0 Å². The van der Waals surface area contributed by atoms with Crippen LogP contribution in [0.5, 0.6) is 0 Å². The van der Waals surface area contributed by atoms with Gasteiger partial charge in [-0.2, -0.15) is 0 Å². The molecule has 2 aliphatic heterocycles. The Morgan fingerprint density at radius 2 is 1.90 bits per heavy atom. The van der Waals surface area contributed by atoms with Crippen molar-refractivity contribution >= 4 is 11.7 Å². The summed E-state index contributed by atoms with van der Waals surface area (Å²) in [5.41, 5.74) is -0.0500. The molecule has 5 nitrogen and oxygen atoms in total. The molecule has 1 aromatic heterocycles. The van der Waals surface area contributed by atoms with Crippen molar-refractivity contribution in [2.75, 3.05) is 31.1 Å². The smallest absolute Gasteiger partial charge is 0.229 e. The number of likely N-dealkylation sites (tertiary alicyclic amines) is 1. The van der Waals surface area contributed by atoms with Gasteiger partial charge >= 0.3 is 0 Å². The molecule has 0 saturated carbocycles. The normalized spacial score (nSPS) is 19.8. The van der Waals surface area contributed by atoms with Crippen molar-refractivity contribution in [3.63, 3.8) is 0 Å². The molecule has 0 atom stereocenters. The van der Waals surface area contributed by atoms with Gasteiger partial charge in [0.25, 0.3) is 0 Å². The summed E-state index contributed by atoms with van der Waals surface area (Å²) in [7, 11) is 0. The molecule has 114 valence electrons. The standard InChI is InChI=1S/C16H24N4O/c1-16(2,3)15-17-7-6-13(18-15)20-10-12(11-20)14(21)19-8-4-5-9-19/h6-7,12H,4-5,8-11H2,1-3H3. The van der Waals surface area contributed by atoms with Crippen LogP contribution in [-0.2, 0) is 10.2 Å². The fourth-order valence-corrected chi connectivity index (χ4v) is 2.90. The van der Waals surface area contributed by atoms with Gasteiger partial charge in [-0.15, -0.1) is 0 Å². The number of amides is 1. The fraction of sp³-hybridized carbons (Fsp3) is 0.688. The van der Waals surface area contributed by atoms with Crippen LogP contribution in [0.25, 0.3) is 0 Å². The van der Waals surface area contributed by atoms with Crippen LogP contribution in [-0.4, -0.2) is 47.0 Å². The zero-order valence-electron chi connectivity index (χ0n) is 13.2. The summed E-state index contributed by atoms with van der Waals surface area (Å²) in [5, 5.41) is 0. The van der Waals surface area contributed by atoms with E-state index in [1.165, 1.54) is 0 Å². The van der Waals surface area contributed by atoms with E-state index in [9.17, 15) is 4.79 Å². The highest BCUT2D eigenvalue weighted by molar-refractivity contribution is 5.82. The summed E-state index contributed by atoms with van der Waals surface area (Å²) in [4.78, 5) is 25.5. The summed E-state index contributed by atoms with van der Waals surface area (Å²) in [6, 6.07) is 1.94. The van der Waals surface area contributed by atoms with Crippen LogP contribution in [0.2, 0.25) is 0 Å². The molecule has 3 rings (SSSR count). The van der Waals surface area contributed by atoms with E-state index >= 15 is 0 Å². The molecule has 2 aliphatic rings. The summed E-state index contributed by atoms with van der Waals surface area (Å²) < 4.78 is 0. The predicted octanol–water partition coefficient (Wildman–Crippen LogP) is 1.83. The zero-order chi connectivity index (χ0) is 15.0. The predicted molar refractivity (Wildman–Crippen MR) is 82.2 cm³/mol. The number of hydrogen-bond donors (Lipinski definition) is 0. The lowest BCUT2D eigenvalue weighted by atomic mass is 9.95. The van der Waals surface area contributed by atoms with Crippen LogP contribution >= 0.6 is 0 Å². The molecule has 0 spiro atoms. The lowest BCUT2D eigenvalue weighted by Gasteiger charge is -2.40. The van der Waals surface area contributed by atoms with Crippen molar-refractivity contribution in [1.82, 2.24) is 14.9 Å². The van der Waals surface area contributed by atoms with E-state index in [4.69, 9.17) is 0 Å². The Bertz CT molecular complexity index is 525. The van der Waals surface area contributed by atoms with Crippen LogP contribution in [0.3, 0.4) is 0 Å². The highest BCUT2D eigenvalue weighted by Gasteiger charge is 2.37. The highest BCUT2D eigenvalue weighted by atomic mass is 16.2. The maximum atomic E-state index is 12.3. The van der Waals surface area contributed by atoms with E-state index in [0.717, 1.165) is 50.7 Å². The first-order valence-corrected chi connectivity index (χ1v) is 7.82. The molecular formula is C16H24N4O. The Kier molecular flexibility index (Phi) is 3.59. The van der Waals surface area contributed by atoms with Gasteiger partial charge in [0.15, 0.2) is 0 Å². The van der Waals surface area contributed by atoms with E-state index in [0.29, 0.717) is 5.91 Å². The Morgan fingerprint density at radius 3 is 2.52 bits per heavy atom. The molecule has 0 aliphatic carbocycles. The average molecular weight is 288 g/mol. The number of rotatable bonds is 2. The van der Waals surface area contributed by atoms with Crippen molar-refractivity contribution < 1.29 is 4.79 Å². The summed E-state index contributed by atoms with van der Waals surface area (Å²) in [5.74, 6) is 2.28. The average Bonchev–Trinajstić information content (AvgIpc) is 2.90. The van der Waals surface area contributed by atoms with Crippen LogP contribution in [0.1, 0.15) is 39.4 Å². The van der Waals surface area contributed by atoms with Crippen LogP contribution in [0.15, 0.2) is 12.3 Å². The van der Waals surface area contributed by atoms with Crippen molar-refractivity contribution in [3.05, 3.63) is 18.1 Å². The van der Waals surface area contributed by atoms with Gasteiger partial charge in [-0.25, -0.2) is 9.97 Å². The lowest BCUT2D eigenvalue weighted by Crippen LogP contribution is -2.54. The van der Waals surface area contributed by atoms with Crippen molar-refractivity contribution in [3.8, 4) is 0 Å². The molecule has 5 heteroatoms. The third-order valence-corrected chi connectivity index (χ3v) is 4.28. The second-order valence-corrected chi connectivity index (χ2v) is 7.12. The molecule has 0 unspecified atom stereocenters. The Labute approximate surface area is 126 Å². The molecule has 3 heterocycles. The molecule has 0 N–H and O–H groups in total. The molecule has 1 amide bonds. The van der Waals surface area contributed by atoms with E-state index in [1.54, 1.807) is 0 Å². The van der Waals surface area contributed by atoms with Crippen molar-refractivity contribution in [2.45, 2.75) is 39.0 Å². The second-order valence-electron chi connectivity index (χ2n) is 7.12. The fourth-order valence-electron chi connectivity index (χ4n) is 2.90. The third-order valence-electron chi connectivity index (χ3n) is 4.28. The molecule has 2 fully saturated rings. The van der Waals surface area contributed by atoms with Crippen LogP contribution in [0, 0.1) is 5.92 Å². The number of nitrogens with zero attached hydrogens (tertiary/aromatic N) is 4. The minimum absolute atomic E-state index is 0.0500. The van der Waals surface area contributed by atoms with Gasteiger partial charge < -0.3 is 9.80 Å². The number of anilines is 1. The Balaban J connectivity index is 1.62. The van der Waals surface area contributed by atoms with E-state index in [-0.39, 0.29) is 11.3 Å². The SMILES string of the molecule is CC(C)(C)c1nccc(N2CC(C(=O)N3CCCC3)C2)n1. The topological polar surface area (TPSA) is 49.3 Å². The van der Waals surface area contributed by atoms with Crippen molar-refractivity contribution in [1.29, 1.82) is 0 Å². The highest BCUT2D eigenvalue weighted by Crippen LogP contribution is 2.27. The van der Waals surface area contributed by atoms with Gasteiger partial charge in [0, 0.05) is 37.8 Å². The Hall–Kier alpha value is -1.65. The Morgan fingerprint density at radius 1 is 1.24 bits per heavy atom. The third kappa shape index (κ3) is 2.87. The molecule has 0 radical (unpaired) electrons. The summed E-state index contributed by atoms with van der Waals surface area (Å²) >= 11 is 0. The first-order valence-electron chi connectivity index (χ1n) is 7.82. The largest absolute Gasteiger partial charge is 0.355 e. The molecule has 1 aromatic rings. The number of hydrogen-bond acceptors (Lipinski definition) is 4. The van der Waals surface area contributed by atoms with Gasteiger partial charge in [-0.05, 0) is 18.9 Å². The summed E-state index contributed by atoms with van der Waals surface area (Å²) in [6.45, 7) is 9.80. The minimum Gasteiger partial charge on any atom is -0.355 e. The van der Waals surface area contributed by atoms with Crippen LogP contribution in [0.4, 0.5) is 5.82 Å². The molecular weight excluding hydrogens is 264 g/mol. The molecule has 21 heavy (non-hydrogen) atoms. The van der Waals surface area contributed by atoms with Gasteiger partial charge in [-0.3, -0.25) is 4.79 Å². The quantitative estimate of drug-likeness (QED) is 0.833.